The summed E-state index contributed by atoms with van der Waals surface area (Å²) in [6.07, 6.45) is 5.13. The van der Waals surface area contributed by atoms with Gasteiger partial charge in [-0.3, -0.25) is 0 Å². The van der Waals surface area contributed by atoms with Gasteiger partial charge in [-0.2, -0.15) is 0 Å². The van der Waals surface area contributed by atoms with Crippen LogP contribution in [0.15, 0.2) is 28.5 Å². The van der Waals surface area contributed by atoms with E-state index in [-0.39, 0.29) is 18.2 Å². The highest BCUT2D eigenvalue weighted by Gasteiger charge is 2.29. The molecule has 0 aromatic rings. The van der Waals surface area contributed by atoms with Gasteiger partial charge in [-0.1, -0.05) is 11.6 Å². The number of fused-ring (bicyclic) bond motifs is 1. The Hall–Kier alpha value is -1.25. The van der Waals surface area contributed by atoms with Gasteiger partial charge in [0.1, 0.15) is 11.8 Å². The zero-order valence-corrected chi connectivity index (χ0v) is 10.4. The molecule has 1 aliphatic heterocycles. The maximum atomic E-state index is 5.81. The smallest absolute Gasteiger partial charge is 0.226 e. The second-order valence-electron chi connectivity index (χ2n) is 4.70. The van der Waals surface area contributed by atoms with E-state index in [1.807, 2.05) is 26.8 Å². The Labute approximate surface area is 96.9 Å². The van der Waals surface area contributed by atoms with Crippen LogP contribution in [0.1, 0.15) is 34.1 Å². The van der Waals surface area contributed by atoms with Crippen LogP contribution in [0.3, 0.4) is 0 Å². The summed E-state index contributed by atoms with van der Waals surface area (Å²) in [7, 11) is 0. The summed E-state index contributed by atoms with van der Waals surface area (Å²) in [6.45, 7) is 8.10. The average Bonchev–Trinajstić information content (AvgIpc) is 2.19. The van der Waals surface area contributed by atoms with Gasteiger partial charge < -0.3 is 9.47 Å². The number of rotatable bonds is 1. The second-order valence-corrected chi connectivity index (χ2v) is 4.70. The Bertz CT molecular complexity index is 366. The van der Waals surface area contributed by atoms with Crippen LogP contribution in [0.5, 0.6) is 0 Å². The molecule has 1 aliphatic carbocycles. The number of nitrogens with zero attached hydrogens (tertiary/aromatic N) is 1. The molecule has 0 saturated heterocycles. The highest BCUT2D eigenvalue weighted by molar-refractivity contribution is 5.82. The van der Waals surface area contributed by atoms with E-state index >= 15 is 0 Å². The third-order valence-corrected chi connectivity index (χ3v) is 2.68. The lowest BCUT2D eigenvalue weighted by Gasteiger charge is -2.31. The lowest BCUT2D eigenvalue weighted by Crippen LogP contribution is -2.35. The van der Waals surface area contributed by atoms with Crippen molar-refractivity contribution in [1.29, 1.82) is 0 Å². The molecule has 3 nitrogen and oxygen atoms in total. The zero-order valence-electron chi connectivity index (χ0n) is 10.4. The Morgan fingerprint density at radius 2 is 2.19 bits per heavy atom. The van der Waals surface area contributed by atoms with Gasteiger partial charge >= 0.3 is 0 Å². The molecule has 0 aromatic heterocycles. The van der Waals surface area contributed by atoms with Gasteiger partial charge in [0.25, 0.3) is 0 Å². The molecule has 2 rings (SSSR count). The fraction of sp³-hybridized carbons (Fsp3) is 0.615. The van der Waals surface area contributed by atoms with Crippen LogP contribution >= 0.6 is 0 Å². The maximum Gasteiger partial charge on any atom is 0.226 e. The molecular formula is C13H19NO2. The number of hydrogen-bond donors (Lipinski definition) is 0. The first-order valence-electron chi connectivity index (χ1n) is 5.84. The van der Waals surface area contributed by atoms with Crippen LogP contribution in [0.2, 0.25) is 0 Å². The highest BCUT2D eigenvalue weighted by Crippen LogP contribution is 2.28. The summed E-state index contributed by atoms with van der Waals surface area (Å²) in [5.41, 5.74) is 1.33. The molecule has 2 atom stereocenters. The van der Waals surface area contributed by atoms with E-state index in [0.717, 1.165) is 18.1 Å². The van der Waals surface area contributed by atoms with E-state index in [9.17, 15) is 0 Å². The third-order valence-electron chi connectivity index (χ3n) is 2.68. The quantitative estimate of drug-likeness (QED) is 0.681. The Balaban J connectivity index is 2.19. The molecule has 0 aromatic carbocycles. The summed E-state index contributed by atoms with van der Waals surface area (Å²) in [6, 6.07) is 0.120. The van der Waals surface area contributed by atoms with Gasteiger partial charge in [-0.15, -0.1) is 0 Å². The molecule has 16 heavy (non-hydrogen) atoms. The van der Waals surface area contributed by atoms with E-state index in [1.165, 1.54) is 5.57 Å². The standard InChI is InChI=1S/C13H19NO2/c1-8(2)15-13-10(4)16-12-6-5-9(3)7-11(12)14-13/h5-6,8,10-11H,7H2,1-4H3. The van der Waals surface area contributed by atoms with Gasteiger partial charge in [0.15, 0.2) is 6.10 Å². The minimum Gasteiger partial charge on any atom is -0.483 e. The fourth-order valence-corrected chi connectivity index (χ4v) is 1.92. The SMILES string of the molecule is CC1=CC=C2OC(C)C(OC(C)C)=NC2C1. The predicted octanol–water partition coefficient (Wildman–Crippen LogP) is 2.83. The van der Waals surface area contributed by atoms with Crippen molar-refractivity contribution in [2.75, 3.05) is 0 Å². The van der Waals surface area contributed by atoms with Gasteiger partial charge in [0.2, 0.25) is 5.90 Å². The van der Waals surface area contributed by atoms with Crippen molar-refractivity contribution in [2.45, 2.75) is 52.4 Å². The van der Waals surface area contributed by atoms with E-state index in [0.29, 0.717) is 0 Å². The molecular weight excluding hydrogens is 202 g/mol. The van der Waals surface area contributed by atoms with E-state index in [1.54, 1.807) is 0 Å². The molecule has 2 unspecified atom stereocenters. The Morgan fingerprint density at radius 1 is 1.44 bits per heavy atom. The van der Waals surface area contributed by atoms with Crippen LogP contribution in [0.4, 0.5) is 0 Å². The average molecular weight is 221 g/mol. The number of hydrogen-bond acceptors (Lipinski definition) is 3. The van der Waals surface area contributed by atoms with Crippen molar-refractivity contribution in [3.8, 4) is 0 Å². The van der Waals surface area contributed by atoms with Crippen LogP contribution in [-0.4, -0.2) is 24.1 Å². The monoisotopic (exact) mass is 221 g/mol. The summed E-state index contributed by atoms with van der Waals surface area (Å²) >= 11 is 0. The molecule has 0 amide bonds. The first-order valence-corrected chi connectivity index (χ1v) is 5.84. The van der Waals surface area contributed by atoms with Crippen molar-refractivity contribution < 1.29 is 9.47 Å². The first kappa shape index (κ1) is 11.2. The molecule has 0 fully saturated rings. The Morgan fingerprint density at radius 3 is 2.88 bits per heavy atom. The molecule has 2 aliphatic rings. The van der Waals surface area contributed by atoms with Crippen molar-refractivity contribution in [3.05, 3.63) is 23.5 Å². The molecule has 88 valence electrons. The van der Waals surface area contributed by atoms with Gasteiger partial charge in [-0.05, 0) is 40.2 Å². The van der Waals surface area contributed by atoms with Crippen LogP contribution in [0, 0.1) is 0 Å². The summed E-state index contributed by atoms with van der Waals surface area (Å²) in [5.74, 6) is 1.70. The summed E-state index contributed by atoms with van der Waals surface area (Å²) < 4.78 is 11.5. The highest BCUT2D eigenvalue weighted by atomic mass is 16.6. The molecule has 1 heterocycles. The molecule has 0 N–H and O–H groups in total. The molecule has 0 radical (unpaired) electrons. The molecule has 0 bridgehead atoms. The van der Waals surface area contributed by atoms with Crippen molar-refractivity contribution in [3.63, 3.8) is 0 Å². The number of ether oxygens (including phenoxy) is 2. The topological polar surface area (TPSA) is 30.8 Å². The third kappa shape index (κ3) is 2.29. The number of allylic oxidation sites excluding steroid dienone is 2. The van der Waals surface area contributed by atoms with E-state index < -0.39 is 0 Å². The normalized spacial score (nSPS) is 28.7. The Kier molecular flexibility index (Phi) is 3.03. The van der Waals surface area contributed by atoms with E-state index in [4.69, 9.17) is 9.47 Å². The lowest BCUT2D eigenvalue weighted by molar-refractivity contribution is 0.106. The van der Waals surface area contributed by atoms with Crippen molar-refractivity contribution >= 4 is 5.90 Å². The van der Waals surface area contributed by atoms with E-state index in [2.05, 4.69) is 18.0 Å². The largest absolute Gasteiger partial charge is 0.483 e. The van der Waals surface area contributed by atoms with Crippen LogP contribution < -0.4 is 0 Å². The molecule has 0 saturated carbocycles. The van der Waals surface area contributed by atoms with Gasteiger partial charge in [0, 0.05) is 0 Å². The minimum absolute atomic E-state index is 0.0725. The van der Waals surface area contributed by atoms with Crippen molar-refractivity contribution in [2.24, 2.45) is 4.99 Å². The minimum atomic E-state index is -0.0725. The van der Waals surface area contributed by atoms with Gasteiger partial charge in [-0.25, -0.2) is 4.99 Å². The zero-order chi connectivity index (χ0) is 11.7. The number of aliphatic imine (C=N–C) groups is 1. The first-order chi connectivity index (χ1) is 7.56. The maximum absolute atomic E-state index is 5.81. The lowest BCUT2D eigenvalue weighted by atomic mass is 9.99. The van der Waals surface area contributed by atoms with Gasteiger partial charge in [0.05, 0.1) is 6.10 Å². The van der Waals surface area contributed by atoms with Crippen molar-refractivity contribution in [1.82, 2.24) is 0 Å². The van der Waals surface area contributed by atoms with Crippen LogP contribution in [-0.2, 0) is 9.47 Å². The molecule has 3 heteroatoms. The fourth-order valence-electron chi connectivity index (χ4n) is 1.92. The molecule has 0 spiro atoms. The second kappa shape index (κ2) is 4.32. The van der Waals surface area contributed by atoms with Crippen LogP contribution in [0.25, 0.3) is 0 Å². The summed E-state index contributed by atoms with van der Waals surface area (Å²) in [5, 5.41) is 0. The summed E-state index contributed by atoms with van der Waals surface area (Å²) in [4.78, 5) is 4.64. The predicted molar refractivity (Wildman–Crippen MR) is 64.4 cm³/mol.